The zero-order chi connectivity index (χ0) is 18.9. The fourth-order valence-corrected chi connectivity index (χ4v) is 2.32. The molecule has 0 amide bonds. The Morgan fingerprint density at radius 3 is 2.12 bits per heavy atom. The highest BCUT2D eigenvalue weighted by molar-refractivity contribution is 7.99. The van der Waals surface area contributed by atoms with Crippen LogP contribution in [-0.2, 0) is 6.54 Å². The molecule has 0 bridgehead atoms. The first-order chi connectivity index (χ1) is 11.9. The van der Waals surface area contributed by atoms with Crippen molar-refractivity contribution >= 4 is 17.7 Å². The summed E-state index contributed by atoms with van der Waals surface area (Å²) >= 11 is 1.82. The van der Waals surface area contributed by atoms with Crippen LogP contribution in [0.2, 0.25) is 0 Å². The van der Waals surface area contributed by atoms with Gasteiger partial charge in [0.1, 0.15) is 17.2 Å². The van der Waals surface area contributed by atoms with Gasteiger partial charge in [0.15, 0.2) is 5.96 Å². The van der Waals surface area contributed by atoms with E-state index in [4.69, 9.17) is 14.2 Å². The monoisotopic (exact) mass is 369 g/mol. The standard InChI is InChI=1S/C18H31N3O3S/c1-8-19-17(21-12-18(2,3)25-7)20-11-14-15(23-5)9-13(22-4)10-16(14)24-6/h9-10H,8,11-12H2,1-7H3,(H2,19,20,21). The molecule has 6 nitrogen and oxygen atoms in total. The van der Waals surface area contributed by atoms with Gasteiger partial charge in [-0.3, -0.25) is 0 Å². The molecule has 0 unspecified atom stereocenters. The summed E-state index contributed by atoms with van der Waals surface area (Å²) in [6.45, 7) is 8.49. The maximum atomic E-state index is 5.48. The average molecular weight is 370 g/mol. The lowest BCUT2D eigenvalue weighted by molar-refractivity contribution is 0.369. The molecule has 25 heavy (non-hydrogen) atoms. The maximum Gasteiger partial charge on any atom is 0.191 e. The summed E-state index contributed by atoms with van der Waals surface area (Å²) in [7, 11) is 4.88. The van der Waals surface area contributed by atoms with Crippen LogP contribution in [0.25, 0.3) is 0 Å². The number of thioether (sulfide) groups is 1. The number of rotatable bonds is 9. The molecule has 1 aromatic rings. The summed E-state index contributed by atoms with van der Waals surface area (Å²) < 4.78 is 16.4. The molecular formula is C18H31N3O3S. The van der Waals surface area contributed by atoms with Crippen LogP contribution in [-0.4, -0.2) is 51.4 Å². The lowest BCUT2D eigenvalue weighted by Gasteiger charge is -2.24. The molecule has 142 valence electrons. The van der Waals surface area contributed by atoms with E-state index in [9.17, 15) is 0 Å². The third kappa shape index (κ3) is 6.57. The molecule has 0 aromatic heterocycles. The Labute approximate surface area is 155 Å². The normalized spacial score (nSPS) is 11.9. The number of nitrogens with one attached hydrogen (secondary N) is 2. The SMILES string of the molecule is CCNC(=NCc1c(OC)cc(OC)cc1OC)NCC(C)(C)SC. The van der Waals surface area contributed by atoms with E-state index in [1.54, 1.807) is 21.3 Å². The topological polar surface area (TPSA) is 64.1 Å². The van der Waals surface area contributed by atoms with E-state index in [2.05, 4.69) is 35.7 Å². The Balaban J connectivity index is 3.01. The van der Waals surface area contributed by atoms with E-state index < -0.39 is 0 Å². The van der Waals surface area contributed by atoms with E-state index in [1.165, 1.54) is 0 Å². The van der Waals surface area contributed by atoms with Crippen molar-refractivity contribution < 1.29 is 14.2 Å². The van der Waals surface area contributed by atoms with Gasteiger partial charge in [-0.1, -0.05) is 0 Å². The lowest BCUT2D eigenvalue weighted by atomic mass is 10.1. The van der Waals surface area contributed by atoms with Crippen molar-refractivity contribution in [1.29, 1.82) is 0 Å². The van der Waals surface area contributed by atoms with Crippen molar-refractivity contribution in [1.82, 2.24) is 10.6 Å². The highest BCUT2D eigenvalue weighted by Gasteiger charge is 2.17. The second-order valence-corrected chi connectivity index (χ2v) is 7.54. The second kappa shape index (κ2) is 10.3. The molecule has 7 heteroatoms. The predicted octanol–water partition coefficient (Wildman–Crippen LogP) is 2.91. The van der Waals surface area contributed by atoms with E-state index in [0.717, 1.165) is 24.6 Å². The minimum atomic E-state index is 0.131. The van der Waals surface area contributed by atoms with E-state index in [1.807, 2.05) is 30.8 Å². The van der Waals surface area contributed by atoms with Gasteiger partial charge in [-0.15, -0.1) is 0 Å². The van der Waals surface area contributed by atoms with E-state index in [-0.39, 0.29) is 4.75 Å². The summed E-state index contributed by atoms with van der Waals surface area (Å²) in [5.74, 6) is 2.85. The number of nitrogens with zero attached hydrogens (tertiary/aromatic N) is 1. The molecule has 0 atom stereocenters. The quantitative estimate of drug-likeness (QED) is 0.515. The molecule has 0 spiro atoms. The Morgan fingerprint density at radius 2 is 1.68 bits per heavy atom. The fraction of sp³-hybridized carbons (Fsp3) is 0.611. The average Bonchev–Trinajstić information content (AvgIpc) is 2.63. The van der Waals surface area contributed by atoms with Crippen molar-refractivity contribution in [2.45, 2.75) is 32.1 Å². The highest BCUT2D eigenvalue weighted by atomic mass is 32.2. The first-order valence-electron chi connectivity index (χ1n) is 8.27. The number of methoxy groups -OCH3 is 3. The van der Waals surface area contributed by atoms with Gasteiger partial charge in [-0.25, -0.2) is 4.99 Å². The smallest absolute Gasteiger partial charge is 0.191 e. The van der Waals surface area contributed by atoms with Gasteiger partial charge in [-0.2, -0.15) is 11.8 Å². The molecule has 0 aliphatic rings. The second-order valence-electron chi connectivity index (χ2n) is 6.02. The number of hydrogen-bond donors (Lipinski definition) is 2. The zero-order valence-electron chi connectivity index (χ0n) is 16.4. The molecule has 0 fully saturated rings. The van der Waals surface area contributed by atoms with Gasteiger partial charge in [0.2, 0.25) is 0 Å². The van der Waals surface area contributed by atoms with E-state index >= 15 is 0 Å². The molecule has 0 saturated heterocycles. The lowest BCUT2D eigenvalue weighted by Crippen LogP contribution is -2.43. The van der Waals surface area contributed by atoms with Crippen molar-refractivity contribution in [2.24, 2.45) is 4.99 Å². The van der Waals surface area contributed by atoms with Gasteiger partial charge in [0, 0.05) is 30.0 Å². The number of benzene rings is 1. The van der Waals surface area contributed by atoms with Crippen LogP contribution >= 0.6 is 11.8 Å². The third-order valence-corrected chi connectivity index (χ3v) is 5.04. The molecule has 0 aliphatic heterocycles. The van der Waals surface area contributed by atoms with Gasteiger partial charge in [-0.05, 0) is 27.0 Å². The van der Waals surface area contributed by atoms with Crippen LogP contribution in [0, 0.1) is 0 Å². The highest BCUT2D eigenvalue weighted by Crippen LogP contribution is 2.34. The number of ether oxygens (including phenoxy) is 3. The van der Waals surface area contributed by atoms with Crippen LogP contribution in [0.1, 0.15) is 26.3 Å². The van der Waals surface area contributed by atoms with Gasteiger partial charge in [0.25, 0.3) is 0 Å². The first-order valence-corrected chi connectivity index (χ1v) is 9.49. The summed E-state index contributed by atoms with van der Waals surface area (Å²) in [6.07, 6.45) is 2.11. The van der Waals surface area contributed by atoms with Crippen molar-refractivity contribution in [2.75, 3.05) is 40.7 Å². The first kappa shape index (κ1) is 21.3. The summed E-state index contributed by atoms with van der Waals surface area (Å²) in [5.41, 5.74) is 0.882. The minimum Gasteiger partial charge on any atom is -0.496 e. The third-order valence-electron chi connectivity index (χ3n) is 3.79. The predicted molar refractivity (Wildman–Crippen MR) is 107 cm³/mol. The fourth-order valence-electron chi connectivity index (χ4n) is 2.10. The zero-order valence-corrected chi connectivity index (χ0v) is 17.2. The van der Waals surface area contributed by atoms with Gasteiger partial charge < -0.3 is 24.8 Å². The number of hydrogen-bond acceptors (Lipinski definition) is 5. The molecule has 0 heterocycles. The minimum absolute atomic E-state index is 0.131. The largest absolute Gasteiger partial charge is 0.496 e. The maximum absolute atomic E-state index is 5.48. The number of aliphatic imine (C=N–C) groups is 1. The molecule has 0 radical (unpaired) electrons. The Kier molecular flexibility index (Phi) is 8.75. The van der Waals surface area contributed by atoms with Crippen molar-refractivity contribution in [3.05, 3.63) is 17.7 Å². The summed E-state index contributed by atoms with van der Waals surface area (Å²) in [5, 5.41) is 6.66. The van der Waals surface area contributed by atoms with Crippen LogP contribution < -0.4 is 24.8 Å². The van der Waals surface area contributed by atoms with Gasteiger partial charge in [0.05, 0.1) is 33.4 Å². The molecular weight excluding hydrogens is 338 g/mol. The van der Waals surface area contributed by atoms with Crippen LogP contribution in [0.15, 0.2) is 17.1 Å². The molecule has 2 N–H and O–H groups in total. The molecule has 0 saturated carbocycles. The van der Waals surface area contributed by atoms with Gasteiger partial charge >= 0.3 is 0 Å². The summed E-state index contributed by atoms with van der Waals surface area (Å²) in [6, 6.07) is 3.68. The Bertz CT molecular complexity index is 552. The van der Waals surface area contributed by atoms with Crippen LogP contribution in [0.5, 0.6) is 17.2 Å². The molecule has 1 rings (SSSR count). The molecule has 1 aromatic carbocycles. The van der Waals surface area contributed by atoms with Crippen LogP contribution in [0.4, 0.5) is 0 Å². The van der Waals surface area contributed by atoms with Crippen molar-refractivity contribution in [3.63, 3.8) is 0 Å². The van der Waals surface area contributed by atoms with Crippen molar-refractivity contribution in [3.8, 4) is 17.2 Å². The summed E-state index contributed by atoms with van der Waals surface area (Å²) in [4.78, 5) is 4.68. The van der Waals surface area contributed by atoms with E-state index in [0.29, 0.717) is 23.8 Å². The Hall–Kier alpha value is -1.76. The van der Waals surface area contributed by atoms with Crippen LogP contribution in [0.3, 0.4) is 0 Å². The number of guanidine groups is 1. The Morgan fingerprint density at radius 1 is 1.08 bits per heavy atom. The molecule has 0 aliphatic carbocycles.